The van der Waals surface area contributed by atoms with E-state index >= 15 is 0 Å². The topological polar surface area (TPSA) is 66.8 Å². The molecule has 0 saturated heterocycles. The van der Waals surface area contributed by atoms with Crippen LogP contribution < -0.4 is 0 Å². The number of hydrogen-bond donors (Lipinski definition) is 1. The van der Waals surface area contributed by atoms with Crippen LogP contribution >= 0.6 is 0 Å². The molecule has 0 heterocycles. The van der Waals surface area contributed by atoms with Gasteiger partial charge in [-0.1, -0.05) is 19.1 Å². The Kier molecular flexibility index (Phi) is 6.61. The predicted octanol–water partition coefficient (Wildman–Crippen LogP) is 1.53. The Morgan fingerprint density at radius 1 is 1.30 bits per heavy atom. The Bertz CT molecular complexity index is 528. The minimum Gasteiger partial charge on any atom is -0.392 e. The van der Waals surface area contributed by atoms with Crippen molar-refractivity contribution in [3.63, 3.8) is 0 Å². The SMILES string of the molecule is CCOCCN(CC)S(=O)(=O)c1cccc(CO)c1C. The van der Waals surface area contributed by atoms with Crippen LogP contribution in [0.3, 0.4) is 0 Å². The first-order valence-corrected chi connectivity index (χ1v) is 8.20. The predicted molar refractivity (Wildman–Crippen MR) is 78.0 cm³/mol. The molecule has 0 aliphatic rings. The molecule has 0 spiro atoms. The Balaban J connectivity index is 3.08. The van der Waals surface area contributed by atoms with Gasteiger partial charge in [0.2, 0.25) is 10.0 Å². The summed E-state index contributed by atoms with van der Waals surface area (Å²) >= 11 is 0. The van der Waals surface area contributed by atoms with Crippen molar-refractivity contribution in [2.24, 2.45) is 0 Å². The number of aliphatic hydroxyl groups is 1. The molecule has 0 amide bonds. The van der Waals surface area contributed by atoms with E-state index < -0.39 is 10.0 Å². The zero-order chi connectivity index (χ0) is 15.2. The van der Waals surface area contributed by atoms with E-state index in [1.807, 2.05) is 6.92 Å². The average molecular weight is 301 g/mol. The number of likely N-dealkylation sites (N-methyl/N-ethyl adjacent to an activating group) is 1. The molecule has 0 aliphatic carbocycles. The number of hydrogen-bond acceptors (Lipinski definition) is 4. The highest BCUT2D eigenvalue weighted by Crippen LogP contribution is 2.22. The van der Waals surface area contributed by atoms with Crippen molar-refractivity contribution in [3.05, 3.63) is 29.3 Å². The smallest absolute Gasteiger partial charge is 0.243 e. The summed E-state index contributed by atoms with van der Waals surface area (Å²) in [5, 5.41) is 9.25. The fraction of sp³-hybridized carbons (Fsp3) is 0.571. The van der Waals surface area contributed by atoms with Crippen molar-refractivity contribution in [1.82, 2.24) is 4.31 Å². The quantitative estimate of drug-likeness (QED) is 0.740. The van der Waals surface area contributed by atoms with Crippen LogP contribution in [0.2, 0.25) is 0 Å². The first kappa shape index (κ1) is 17.1. The second-order valence-corrected chi connectivity index (χ2v) is 6.30. The summed E-state index contributed by atoms with van der Waals surface area (Å²) in [6, 6.07) is 4.96. The average Bonchev–Trinajstić information content (AvgIpc) is 2.43. The van der Waals surface area contributed by atoms with Gasteiger partial charge >= 0.3 is 0 Å². The van der Waals surface area contributed by atoms with Crippen molar-refractivity contribution < 1.29 is 18.3 Å². The summed E-state index contributed by atoms with van der Waals surface area (Å²) in [4.78, 5) is 0.252. The number of benzene rings is 1. The fourth-order valence-corrected chi connectivity index (χ4v) is 3.71. The van der Waals surface area contributed by atoms with E-state index in [0.29, 0.717) is 37.4 Å². The van der Waals surface area contributed by atoms with Gasteiger partial charge in [0, 0.05) is 19.7 Å². The fourth-order valence-electron chi connectivity index (χ4n) is 2.01. The molecule has 1 aromatic carbocycles. The van der Waals surface area contributed by atoms with Crippen LogP contribution in [0.4, 0.5) is 0 Å². The second kappa shape index (κ2) is 7.73. The zero-order valence-electron chi connectivity index (χ0n) is 12.3. The maximum Gasteiger partial charge on any atom is 0.243 e. The lowest BCUT2D eigenvalue weighted by Gasteiger charge is -2.22. The Morgan fingerprint density at radius 3 is 2.55 bits per heavy atom. The largest absolute Gasteiger partial charge is 0.392 e. The van der Waals surface area contributed by atoms with Gasteiger partial charge in [-0.15, -0.1) is 0 Å². The summed E-state index contributed by atoms with van der Waals surface area (Å²) in [5.41, 5.74) is 1.23. The molecular weight excluding hydrogens is 278 g/mol. The molecule has 0 bridgehead atoms. The van der Waals surface area contributed by atoms with Crippen LogP contribution in [-0.4, -0.2) is 44.1 Å². The minimum absolute atomic E-state index is 0.166. The second-order valence-electron chi connectivity index (χ2n) is 4.39. The molecule has 0 aromatic heterocycles. The molecule has 1 rings (SSSR count). The molecule has 0 atom stereocenters. The van der Waals surface area contributed by atoms with Gasteiger partial charge in [-0.2, -0.15) is 4.31 Å². The summed E-state index contributed by atoms with van der Waals surface area (Å²) in [7, 11) is -3.55. The number of aliphatic hydroxyl groups excluding tert-OH is 1. The summed E-state index contributed by atoms with van der Waals surface area (Å²) < 4.78 is 31.9. The maximum atomic E-state index is 12.6. The lowest BCUT2D eigenvalue weighted by atomic mass is 10.1. The number of rotatable bonds is 8. The Hall–Kier alpha value is -0.950. The van der Waals surface area contributed by atoms with Gasteiger partial charge in [0.1, 0.15) is 0 Å². The Labute approximate surface area is 121 Å². The highest BCUT2D eigenvalue weighted by Gasteiger charge is 2.25. The maximum absolute atomic E-state index is 12.6. The van der Waals surface area contributed by atoms with Gasteiger partial charge in [-0.25, -0.2) is 8.42 Å². The van der Waals surface area contributed by atoms with Crippen LogP contribution in [0.1, 0.15) is 25.0 Å². The number of ether oxygens (including phenoxy) is 1. The third kappa shape index (κ3) is 3.79. The van der Waals surface area contributed by atoms with E-state index in [4.69, 9.17) is 4.74 Å². The monoisotopic (exact) mass is 301 g/mol. The molecule has 20 heavy (non-hydrogen) atoms. The van der Waals surface area contributed by atoms with E-state index in [9.17, 15) is 13.5 Å². The van der Waals surface area contributed by atoms with Crippen molar-refractivity contribution in [2.75, 3.05) is 26.3 Å². The van der Waals surface area contributed by atoms with Gasteiger partial charge < -0.3 is 9.84 Å². The normalized spacial score (nSPS) is 12.1. The van der Waals surface area contributed by atoms with Gasteiger partial charge in [0.15, 0.2) is 0 Å². The molecule has 1 N–H and O–H groups in total. The number of nitrogens with zero attached hydrogens (tertiary/aromatic N) is 1. The third-order valence-corrected chi connectivity index (χ3v) is 5.34. The lowest BCUT2D eigenvalue weighted by Crippen LogP contribution is -2.34. The van der Waals surface area contributed by atoms with Crippen molar-refractivity contribution in [1.29, 1.82) is 0 Å². The molecule has 0 aliphatic heterocycles. The van der Waals surface area contributed by atoms with Crippen LogP contribution in [0.15, 0.2) is 23.1 Å². The van der Waals surface area contributed by atoms with Crippen LogP contribution in [0.5, 0.6) is 0 Å². The molecule has 0 saturated carbocycles. The van der Waals surface area contributed by atoms with E-state index in [1.165, 1.54) is 4.31 Å². The van der Waals surface area contributed by atoms with Crippen molar-refractivity contribution in [3.8, 4) is 0 Å². The van der Waals surface area contributed by atoms with Gasteiger partial charge in [0.05, 0.1) is 18.1 Å². The molecule has 0 fully saturated rings. The van der Waals surface area contributed by atoms with Gasteiger partial charge in [0.25, 0.3) is 0 Å². The minimum atomic E-state index is -3.55. The molecule has 114 valence electrons. The van der Waals surface area contributed by atoms with Crippen LogP contribution in [0, 0.1) is 6.92 Å². The van der Waals surface area contributed by atoms with Crippen molar-refractivity contribution >= 4 is 10.0 Å². The zero-order valence-corrected chi connectivity index (χ0v) is 13.1. The molecular formula is C14H23NO4S. The van der Waals surface area contributed by atoms with Crippen molar-refractivity contribution in [2.45, 2.75) is 32.3 Å². The molecule has 5 nitrogen and oxygen atoms in total. The van der Waals surface area contributed by atoms with E-state index in [0.717, 1.165) is 0 Å². The lowest BCUT2D eigenvalue weighted by molar-refractivity contribution is 0.135. The summed E-state index contributed by atoms with van der Waals surface area (Å²) in [5.74, 6) is 0. The summed E-state index contributed by atoms with van der Waals surface area (Å²) in [6.07, 6.45) is 0. The van der Waals surface area contributed by atoms with E-state index in [2.05, 4.69) is 0 Å². The number of sulfonamides is 1. The highest BCUT2D eigenvalue weighted by molar-refractivity contribution is 7.89. The van der Waals surface area contributed by atoms with E-state index in [-0.39, 0.29) is 11.5 Å². The first-order valence-electron chi connectivity index (χ1n) is 6.76. The van der Waals surface area contributed by atoms with Gasteiger partial charge in [-0.3, -0.25) is 0 Å². The molecule has 6 heteroatoms. The highest BCUT2D eigenvalue weighted by atomic mass is 32.2. The molecule has 0 radical (unpaired) electrons. The molecule has 0 unspecified atom stereocenters. The van der Waals surface area contributed by atoms with Crippen LogP contribution in [-0.2, 0) is 21.4 Å². The van der Waals surface area contributed by atoms with E-state index in [1.54, 1.807) is 32.0 Å². The van der Waals surface area contributed by atoms with Gasteiger partial charge in [-0.05, 0) is 31.0 Å². The third-order valence-electron chi connectivity index (χ3n) is 3.23. The Morgan fingerprint density at radius 2 is 2.00 bits per heavy atom. The first-order chi connectivity index (χ1) is 9.48. The summed E-state index contributed by atoms with van der Waals surface area (Å²) in [6.45, 7) is 6.88. The molecule has 1 aromatic rings. The van der Waals surface area contributed by atoms with Crippen LogP contribution in [0.25, 0.3) is 0 Å². The standard InChI is InChI=1S/C14H23NO4S/c1-4-15(9-10-19-5-2)20(17,18)14-8-6-7-13(11-16)12(14)3/h6-8,16H,4-5,9-11H2,1-3H3.